The number of carbonyl (C=O) groups is 1. The van der Waals surface area contributed by atoms with Gasteiger partial charge in [0.1, 0.15) is 5.75 Å². The van der Waals surface area contributed by atoms with Crippen LogP contribution in [0.15, 0.2) is 12.1 Å². The van der Waals surface area contributed by atoms with E-state index in [-0.39, 0.29) is 5.91 Å². The molecule has 0 radical (unpaired) electrons. The topological polar surface area (TPSA) is 55.6 Å². The molecular weight excluding hydrogens is 216 g/mol. The molecule has 0 bridgehead atoms. The third-order valence-electron chi connectivity index (χ3n) is 2.76. The highest BCUT2D eigenvalue weighted by Crippen LogP contribution is 2.22. The molecule has 0 saturated heterocycles. The van der Waals surface area contributed by atoms with Gasteiger partial charge in [-0.25, -0.2) is 5.84 Å². The highest BCUT2D eigenvalue weighted by atomic mass is 16.5. The standard InChI is InChI=1S/C13H20N2O2/c1-9-7-11(3)12(8-10(9)2)17-6-5-13(16)15(4)14/h7-8H,5-6,14H2,1-4H3. The molecule has 0 heterocycles. The lowest BCUT2D eigenvalue weighted by molar-refractivity contribution is -0.130. The summed E-state index contributed by atoms with van der Waals surface area (Å²) in [7, 11) is 1.53. The number of benzene rings is 1. The minimum Gasteiger partial charge on any atom is -0.493 e. The van der Waals surface area contributed by atoms with Crippen LogP contribution in [-0.2, 0) is 4.79 Å². The molecule has 0 saturated carbocycles. The SMILES string of the molecule is Cc1cc(C)c(OCCC(=O)N(C)N)cc1C. The smallest absolute Gasteiger partial charge is 0.239 e. The summed E-state index contributed by atoms with van der Waals surface area (Å²) in [5, 5.41) is 1.08. The minimum absolute atomic E-state index is 0.133. The van der Waals surface area contributed by atoms with Crippen LogP contribution in [0.2, 0.25) is 0 Å². The second-order valence-electron chi connectivity index (χ2n) is 4.31. The van der Waals surface area contributed by atoms with Crippen LogP contribution in [0.1, 0.15) is 23.1 Å². The van der Waals surface area contributed by atoms with E-state index in [1.165, 1.54) is 18.2 Å². The Balaban J connectivity index is 2.58. The molecule has 1 aromatic carbocycles. The van der Waals surface area contributed by atoms with Crippen LogP contribution in [-0.4, -0.2) is 24.6 Å². The first-order valence-corrected chi connectivity index (χ1v) is 5.63. The van der Waals surface area contributed by atoms with Crippen molar-refractivity contribution in [1.82, 2.24) is 5.01 Å². The van der Waals surface area contributed by atoms with Crippen LogP contribution in [0.25, 0.3) is 0 Å². The molecule has 0 spiro atoms. The number of ether oxygens (including phenoxy) is 1. The van der Waals surface area contributed by atoms with Gasteiger partial charge in [-0.15, -0.1) is 0 Å². The minimum atomic E-state index is -0.133. The van der Waals surface area contributed by atoms with Gasteiger partial charge in [-0.2, -0.15) is 0 Å². The number of hydrogen-bond acceptors (Lipinski definition) is 3. The molecule has 1 aromatic rings. The predicted molar refractivity (Wildman–Crippen MR) is 67.7 cm³/mol. The lowest BCUT2D eigenvalue weighted by Crippen LogP contribution is -2.33. The molecule has 0 fully saturated rings. The van der Waals surface area contributed by atoms with Crippen LogP contribution in [0.4, 0.5) is 0 Å². The molecule has 1 rings (SSSR count). The molecule has 1 amide bonds. The van der Waals surface area contributed by atoms with Crippen LogP contribution in [0, 0.1) is 20.8 Å². The van der Waals surface area contributed by atoms with Gasteiger partial charge in [0.25, 0.3) is 0 Å². The zero-order valence-corrected chi connectivity index (χ0v) is 10.9. The monoisotopic (exact) mass is 236 g/mol. The average Bonchev–Trinajstić information content (AvgIpc) is 2.25. The van der Waals surface area contributed by atoms with Crippen molar-refractivity contribution in [3.8, 4) is 5.75 Å². The fraction of sp³-hybridized carbons (Fsp3) is 0.462. The highest BCUT2D eigenvalue weighted by Gasteiger charge is 2.06. The van der Waals surface area contributed by atoms with Crippen LogP contribution >= 0.6 is 0 Å². The number of nitrogens with two attached hydrogens (primary N) is 1. The van der Waals surface area contributed by atoms with E-state index >= 15 is 0 Å². The summed E-state index contributed by atoms with van der Waals surface area (Å²) in [6, 6.07) is 4.09. The van der Waals surface area contributed by atoms with E-state index < -0.39 is 0 Å². The van der Waals surface area contributed by atoms with Crippen molar-refractivity contribution in [3.63, 3.8) is 0 Å². The van der Waals surface area contributed by atoms with Crippen molar-refractivity contribution in [3.05, 3.63) is 28.8 Å². The number of hydrazine groups is 1. The van der Waals surface area contributed by atoms with Gasteiger partial charge in [0, 0.05) is 7.05 Å². The van der Waals surface area contributed by atoms with Gasteiger partial charge in [0.2, 0.25) is 5.91 Å². The second-order valence-corrected chi connectivity index (χ2v) is 4.31. The first kappa shape index (κ1) is 13.5. The summed E-state index contributed by atoms with van der Waals surface area (Å²) in [4.78, 5) is 11.3. The van der Waals surface area contributed by atoms with Gasteiger partial charge < -0.3 is 4.74 Å². The molecule has 0 atom stereocenters. The molecule has 0 aromatic heterocycles. The number of aryl methyl sites for hydroxylation is 3. The zero-order valence-electron chi connectivity index (χ0n) is 10.9. The van der Waals surface area contributed by atoms with E-state index in [1.54, 1.807) is 0 Å². The Kier molecular flexibility index (Phi) is 4.52. The fourth-order valence-corrected chi connectivity index (χ4v) is 1.51. The molecule has 0 aliphatic rings. The summed E-state index contributed by atoms with van der Waals surface area (Å²) in [6.07, 6.45) is 0.291. The summed E-state index contributed by atoms with van der Waals surface area (Å²) in [5.74, 6) is 6.02. The molecule has 2 N–H and O–H groups in total. The number of rotatable bonds is 4. The Morgan fingerprint density at radius 2 is 1.82 bits per heavy atom. The highest BCUT2D eigenvalue weighted by molar-refractivity contribution is 5.75. The Morgan fingerprint density at radius 3 is 2.41 bits per heavy atom. The van der Waals surface area contributed by atoms with Crippen LogP contribution < -0.4 is 10.6 Å². The van der Waals surface area contributed by atoms with Crippen molar-refractivity contribution >= 4 is 5.91 Å². The van der Waals surface area contributed by atoms with E-state index in [1.807, 2.05) is 19.9 Å². The van der Waals surface area contributed by atoms with E-state index in [2.05, 4.69) is 13.0 Å². The largest absolute Gasteiger partial charge is 0.493 e. The van der Waals surface area contributed by atoms with Gasteiger partial charge >= 0.3 is 0 Å². The quantitative estimate of drug-likeness (QED) is 0.492. The number of nitrogens with zero attached hydrogens (tertiary/aromatic N) is 1. The van der Waals surface area contributed by atoms with Crippen LogP contribution in [0.3, 0.4) is 0 Å². The van der Waals surface area contributed by atoms with Crippen molar-refractivity contribution in [1.29, 1.82) is 0 Å². The predicted octanol–water partition coefficient (Wildman–Crippen LogP) is 1.71. The third-order valence-corrected chi connectivity index (χ3v) is 2.76. The Labute approximate surface area is 102 Å². The maximum atomic E-state index is 11.3. The number of carbonyl (C=O) groups excluding carboxylic acids is 1. The zero-order chi connectivity index (χ0) is 13.0. The maximum Gasteiger partial charge on any atom is 0.239 e. The Bertz CT molecular complexity index is 414. The lowest BCUT2D eigenvalue weighted by Gasteiger charge is -2.13. The van der Waals surface area contributed by atoms with Crippen molar-refractivity contribution in [2.45, 2.75) is 27.2 Å². The summed E-state index contributed by atoms with van der Waals surface area (Å²) in [5.41, 5.74) is 3.52. The van der Waals surface area contributed by atoms with E-state index in [0.29, 0.717) is 13.0 Å². The first-order valence-electron chi connectivity index (χ1n) is 5.63. The molecule has 0 unspecified atom stereocenters. The first-order chi connectivity index (χ1) is 7.91. The second kappa shape index (κ2) is 5.68. The molecular formula is C13H20N2O2. The molecule has 94 valence electrons. The van der Waals surface area contributed by atoms with E-state index in [9.17, 15) is 4.79 Å². The van der Waals surface area contributed by atoms with Gasteiger partial charge in [0.15, 0.2) is 0 Å². The van der Waals surface area contributed by atoms with Crippen molar-refractivity contribution < 1.29 is 9.53 Å². The normalized spacial score (nSPS) is 10.2. The Morgan fingerprint density at radius 1 is 1.24 bits per heavy atom. The van der Waals surface area contributed by atoms with E-state index in [4.69, 9.17) is 10.6 Å². The van der Waals surface area contributed by atoms with Gasteiger partial charge in [0.05, 0.1) is 13.0 Å². The number of hydrogen-bond donors (Lipinski definition) is 1. The fourth-order valence-electron chi connectivity index (χ4n) is 1.51. The summed E-state index contributed by atoms with van der Waals surface area (Å²) in [6.45, 7) is 6.46. The van der Waals surface area contributed by atoms with Gasteiger partial charge in [-0.1, -0.05) is 6.07 Å². The molecule has 4 heteroatoms. The molecule has 17 heavy (non-hydrogen) atoms. The van der Waals surface area contributed by atoms with Crippen molar-refractivity contribution in [2.75, 3.05) is 13.7 Å². The van der Waals surface area contributed by atoms with E-state index in [0.717, 1.165) is 16.3 Å². The van der Waals surface area contributed by atoms with Gasteiger partial charge in [-0.05, 0) is 43.5 Å². The summed E-state index contributed by atoms with van der Waals surface area (Å²) >= 11 is 0. The van der Waals surface area contributed by atoms with Crippen LogP contribution in [0.5, 0.6) is 5.75 Å². The Hall–Kier alpha value is -1.55. The third kappa shape index (κ3) is 3.75. The van der Waals surface area contributed by atoms with Crippen molar-refractivity contribution in [2.24, 2.45) is 5.84 Å². The molecule has 0 aliphatic heterocycles. The van der Waals surface area contributed by atoms with Gasteiger partial charge in [-0.3, -0.25) is 9.80 Å². The number of amides is 1. The summed E-state index contributed by atoms with van der Waals surface area (Å²) < 4.78 is 5.59. The average molecular weight is 236 g/mol. The molecule has 4 nitrogen and oxygen atoms in total. The molecule has 0 aliphatic carbocycles. The lowest BCUT2D eigenvalue weighted by atomic mass is 10.1. The maximum absolute atomic E-state index is 11.3.